The first-order chi connectivity index (χ1) is 14.1. The fraction of sp³-hybridized carbons (Fsp3) is 0.591. The fourth-order valence-corrected chi connectivity index (χ4v) is 4.24. The Morgan fingerprint density at radius 2 is 1.79 bits per heavy atom. The topological polar surface area (TPSA) is 65.7 Å². The minimum atomic E-state index is 0.0919. The van der Waals surface area contributed by atoms with Crippen LogP contribution in [0, 0.1) is 5.92 Å². The maximum atomic E-state index is 12.6. The van der Waals surface area contributed by atoms with Crippen LogP contribution in [0.5, 0.6) is 0 Å². The SMILES string of the molecule is CC(c1nc(-c2ccccc2)no1)N1CCC(CC(=O)N2CCN(C)CC2)CC1. The number of piperazine rings is 1. The van der Waals surface area contributed by atoms with Gasteiger partial charge >= 0.3 is 0 Å². The van der Waals surface area contributed by atoms with Crippen LogP contribution < -0.4 is 0 Å². The summed E-state index contributed by atoms with van der Waals surface area (Å²) in [5.41, 5.74) is 0.968. The van der Waals surface area contributed by atoms with Crippen molar-refractivity contribution in [3.8, 4) is 11.4 Å². The van der Waals surface area contributed by atoms with Crippen molar-refractivity contribution in [3.05, 3.63) is 36.2 Å². The third-order valence-electron chi connectivity index (χ3n) is 6.35. The number of aromatic nitrogens is 2. The molecule has 7 heteroatoms. The molecule has 1 aromatic heterocycles. The number of likely N-dealkylation sites (N-methyl/N-ethyl adjacent to an activating group) is 1. The number of hydrogen-bond acceptors (Lipinski definition) is 6. The van der Waals surface area contributed by atoms with Crippen molar-refractivity contribution >= 4 is 5.91 Å². The molecule has 156 valence electrons. The molecule has 29 heavy (non-hydrogen) atoms. The summed E-state index contributed by atoms with van der Waals surface area (Å²) in [6.07, 6.45) is 2.78. The third-order valence-corrected chi connectivity index (χ3v) is 6.35. The van der Waals surface area contributed by atoms with Crippen LogP contribution in [0.2, 0.25) is 0 Å². The van der Waals surface area contributed by atoms with E-state index in [-0.39, 0.29) is 6.04 Å². The van der Waals surface area contributed by atoms with Gasteiger partial charge in [0.25, 0.3) is 0 Å². The summed E-state index contributed by atoms with van der Waals surface area (Å²) in [4.78, 5) is 23.9. The van der Waals surface area contributed by atoms with Crippen LogP contribution in [0.4, 0.5) is 0 Å². The Morgan fingerprint density at radius 3 is 2.48 bits per heavy atom. The lowest BCUT2D eigenvalue weighted by molar-refractivity contribution is -0.134. The first-order valence-electron chi connectivity index (χ1n) is 10.7. The molecule has 2 saturated heterocycles. The molecular weight excluding hydrogens is 366 g/mol. The van der Waals surface area contributed by atoms with E-state index >= 15 is 0 Å². The highest BCUT2D eigenvalue weighted by Gasteiger charge is 2.29. The molecule has 7 nitrogen and oxygen atoms in total. The van der Waals surface area contributed by atoms with Crippen molar-refractivity contribution in [1.29, 1.82) is 0 Å². The zero-order chi connectivity index (χ0) is 20.2. The molecule has 1 atom stereocenters. The number of rotatable bonds is 5. The second kappa shape index (κ2) is 9.05. The Balaban J connectivity index is 1.27. The van der Waals surface area contributed by atoms with Crippen LogP contribution in [-0.2, 0) is 4.79 Å². The molecular formula is C22H31N5O2. The van der Waals surface area contributed by atoms with E-state index in [1.807, 2.05) is 35.2 Å². The van der Waals surface area contributed by atoms with Gasteiger partial charge in [-0.1, -0.05) is 35.5 Å². The summed E-state index contributed by atoms with van der Waals surface area (Å²) in [6.45, 7) is 7.75. The summed E-state index contributed by atoms with van der Waals surface area (Å²) < 4.78 is 5.55. The lowest BCUT2D eigenvalue weighted by atomic mass is 9.92. The van der Waals surface area contributed by atoms with Gasteiger partial charge in [0.1, 0.15) is 0 Å². The number of carbonyl (C=O) groups excluding carboxylic acids is 1. The molecule has 1 unspecified atom stereocenters. The maximum absolute atomic E-state index is 12.6. The Hall–Kier alpha value is -2.25. The van der Waals surface area contributed by atoms with Crippen molar-refractivity contribution in [2.45, 2.75) is 32.2 Å². The molecule has 2 aliphatic heterocycles. The van der Waals surface area contributed by atoms with E-state index in [1.165, 1.54) is 0 Å². The fourth-order valence-electron chi connectivity index (χ4n) is 4.24. The zero-order valence-corrected chi connectivity index (χ0v) is 17.5. The molecule has 0 bridgehead atoms. The van der Waals surface area contributed by atoms with Crippen LogP contribution in [0.15, 0.2) is 34.9 Å². The first kappa shape index (κ1) is 20.0. The molecule has 0 radical (unpaired) electrons. The molecule has 0 saturated carbocycles. The van der Waals surface area contributed by atoms with Crippen LogP contribution in [0.3, 0.4) is 0 Å². The molecule has 0 aliphatic carbocycles. The minimum Gasteiger partial charge on any atom is -0.340 e. The first-order valence-corrected chi connectivity index (χ1v) is 10.7. The Labute approximate surface area is 172 Å². The van der Waals surface area contributed by atoms with Crippen molar-refractivity contribution in [2.24, 2.45) is 5.92 Å². The van der Waals surface area contributed by atoms with E-state index in [0.717, 1.165) is 57.7 Å². The highest BCUT2D eigenvalue weighted by molar-refractivity contribution is 5.76. The second-order valence-electron chi connectivity index (χ2n) is 8.37. The Bertz CT molecular complexity index is 793. The standard InChI is InChI=1S/C22H31N5O2/c1-17(22-23-21(24-29-22)19-6-4-3-5-7-19)26-10-8-18(9-11-26)16-20(28)27-14-12-25(2)13-15-27/h3-7,17-18H,8-16H2,1-2H3. The van der Waals surface area contributed by atoms with Crippen LogP contribution >= 0.6 is 0 Å². The number of likely N-dealkylation sites (tertiary alicyclic amines) is 1. The molecule has 1 aromatic carbocycles. The number of amides is 1. The van der Waals surface area contributed by atoms with Crippen molar-refractivity contribution < 1.29 is 9.32 Å². The van der Waals surface area contributed by atoms with Gasteiger partial charge < -0.3 is 14.3 Å². The van der Waals surface area contributed by atoms with E-state index < -0.39 is 0 Å². The van der Waals surface area contributed by atoms with Crippen molar-refractivity contribution in [1.82, 2.24) is 24.8 Å². The normalized spacial score (nSPS) is 20.7. The number of benzene rings is 1. The number of piperidine rings is 1. The monoisotopic (exact) mass is 397 g/mol. The summed E-state index contributed by atoms with van der Waals surface area (Å²) >= 11 is 0. The van der Waals surface area contributed by atoms with Gasteiger partial charge in [0, 0.05) is 38.2 Å². The Morgan fingerprint density at radius 1 is 1.10 bits per heavy atom. The molecule has 2 aliphatic rings. The average Bonchev–Trinajstić information content (AvgIpc) is 3.25. The minimum absolute atomic E-state index is 0.0919. The van der Waals surface area contributed by atoms with Crippen molar-refractivity contribution in [2.75, 3.05) is 46.3 Å². The molecule has 4 rings (SSSR count). The third kappa shape index (κ3) is 4.85. The van der Waals surface area contributed by atoms with Gasteiger partial charge in [0.2, 0.25) is 17.6 Å². The number of nitrogens with zero attached hydrogens (tertiary/aromatic N) is 5. The number of hydrogen-bond donors (Lipinski definition) is 0. The lowest BCUT2D eigenvalue weighted by Crippen LogP contribution is -2.47. The zero-order valence-electron chi connectivity index (χ0n) is 17.5. The van der Waals surface area contributed by atoms with E-state index in [9.17, 15) is 4.79 Å². The summed E-state index contributed by atoms with van der Waals surface area (Å²) in [5.74, 6) is 2.11. The van der Waals surface area contributed by atoms with Crippen LogP contribution in [-0.4, -0.2) is 77.1 Å². The summed E-state index contributed by atoms with van der Waals surface area (Å²) in [7, 11) is 2.12. The predicted octanol–water partition coefficient (Wildman–Crippen LogP) is 2.67. The van der Waals surface area contributed by atoms with Crippen molar-refractivity contribution in [3.63, 3.8) is 0 Å². The Kier molecular flexibility index (Phi) is 6.25. The van der Waals surface area contributed by atoms with Gasteiger partial charge in [-0.05, 0) is 45.8 Å². The van der Waals surface area contributed by atoms with Gasteiger partial charge in [-0.15, -0.1) is 0 Å². The number of carbonyl (C=O) groups is 1. The van der Waals surface area contributed by atoms with E-state index in [1.54, 1.807) is 0 Å². The van der Waals surface area contributed by atoms with Crippen LogP contribution in [0.1, 0.15) is 38.1 Å². The molecule has 0 N–H and O–H groups in total. The molecule has 2 fully saturated rings. The van der Waals surface area contributed by atoms with Gasteiger partial charge in [-0.25, -0.2) is 0 Å². The van der Waals surface area contributed by atoms with Gasteiger partial charge in [0.05, 0.1) is 6.04 Å². The highest BCUT2D eigenvalue weighted by atomic mass is 16.5. The summed E-state index contributed by atoms with van der Waals surface area (Å²) in [5, 5.41) is 4.15. The molecule has 1 amide bonds. The van der Waals surface area contributed by atoms with Gasteiger partial charge in [-0.2, -0.15) is 4.98 Å². The lowest BCUT2D eigenvalue weighted by Gasteiger charge is -2.36. The quantitative estimate of drug-likeness (QED) is 0.773. The van der Waals surface area contributed by atoms with E-state index in [2.05, 4.69) is 33.9 Å². The second-order valence-corrected chi connectivity index (χ2v) is 8.37. The highest BCUT2D eigenvalue weighted by Crippen LogP contribution is 2.29. The molecule has 2 aromatic rings. The van der Waals surface area contributed by atoms with Gasteiger partial charge in [-0.3, -0.25) is 9.69 Å². The maximum Gasteiger partial charge on any atom is 0.244 e. The molecule has 3 heterocycles. The smallest absolute Gasteiger partial charge is 0.244 e. The summed E-state index contributed by atoms with van der Waals surface area (Å²) in [6, 6.07) is 10.00. The van der Waals surface area contributed by atoms with E-state index in [0.29, 0.717) is 30.0 Å². The largest absolute Gasteiger partial charge is 0.340 e. The average molecular weight is 398 g/mol. The predicted molar refractivity (Wildman–Crippen MR) is 111 cm³/mol. The molecule has 0 spiro atoms. The van der Waals surface area contributed by atoms with Gasteiger partial charge in [0.15, 0.2) is 0 Å². The van der Waals surface area contributed by atoms with E-state index in [4.69, 9.17) is 4.52 Å². The van der Waals surface area contributed by atoms with Crippen LogP contribution in [0.25, 0.3) is 11.4 Å².